The minimum Gasteiger partial charge on any atom is -0.205 e. The SMILES string of the molecule is Fc1cc(-c2ccc3c(c2)CCC(C#Cc2ccc(CC4CCC4)cc2)=C3)ccc1N=C=S. The summed E-state index contributed by atoms with van der Waals surface area (Å²) < 4.78 is 14.2. The normalized spacial score (nSPS) is 14.8. The number of hydrogen-bond donors (Lipinski definition) is 0. The van der Waals surface area contributed by atoms with Crippen molar-refractivity contribution in [2.24, 2.45) is 10.9 Å². The smallest absolute Gasteiger partial charge is 0.150 e. The number of allylic oxidation sites excluding steroid dienone is 1. The van der Waals surface area contributed by atoms with E-state index in [9.17, 15) is 4.39 Å². The summed E-state index contributed by atoms with van der Waals surface area (Å²) in [6.45, 7) is 0. The van der Waals surface area contributed by atoms with Crippen molar-refractivity contribution < 1.29 is 4.39 Å². The molecule has 0 saturated heterocycles. The van der Waals surface area contributed by atoms with E-state index in [1.54, 1.807) is 6.07 Å². The molecule has 0 aliphatic heterocycles. The van der Waals surface area contributed by atoms with Gasteiger partial charge in [-0.15, -0.1) is 0 Å². The van der Waals surface area contributed by atoms with E-state index < -0.39 is 5.82 Å². The Balaban J connectivity index is 1.31. The van der Waals surface area contributed by atoms with E-state index in [0.717, 1.165) is 41.0 Å². The van der Waals surface area contributed by atoms with Crippen LogP contribution in [0.4, 0.5) is 10.1 Å². The lowest BCUT2D eigenvalue weighted by Gasteiger charge is -2.25. The van der Waals surface area contributed by atoms with Crippen molar-refractivity contribution in [2.45, 2.75) is 38.5 Å². The molecule has 1 fully saturated rings. The molecule has 0 unspecified atom stereocenters. The molecule has 0 heterocycles. The fraction of sp³-hybridized carbons (Fsp3) is 0.233. The topological polar surface area (TPSA) is 12.4 Å². The van der Waals surface area contributed by atoms with Gasteiger partial charge in [0.25, 0.3) is 0 Å². The van der Waals surface area contributed by atoms with Gasteiger partial charge in [-0.3, -0.25) is 0 Å². The highest BCUT2D eigenvalue weighted by molar-refractivity contribution is 7.78. The molecule has 0 amide bonds. The Hall–Kier alpha value is -3.31. The van der Waals surface area contributed by atoms with Gasteiger partial charge in [-0.25, -0.2) is 4.39 Å². The molecule has 5 rings (SSSR count). The summed E-state index contributed by atoms with van der Waals surface area (Å²) in [6, 6.07) is 20.0. The highest BCUT2D eigenvalue weighted by Gasteiger charge is 2.17. The maximum atomic E-state index is 14.2. The molecule has 0 radical (unpaired) electrons. The number of fused-ring (bicyclic) bond motifs is 1. The zero-order chi connectivity index (χ0) is 22.6. The highest BCUT2D eigenvalue weighted by Crippen LogP contribution is 2.31. The van der Waals surface area contributed by atoms with Crippen LogP contribution in [0.25, 0.3) is 17.2 Å². The van der Waals surface area contributed by atoms with Crippen molar-refractivity contribution in [1.82, 2.24) is 0 Å². The highest BCUT2D eigenvalue weighted by atomic mass is 32.1. The molecule has 0 aromatic heterocycles. The third kappa shape index (κ3) is 5.04. The molecule has 2 aliphatic carbocycles. The number of benzene rings is 3. The summed E-state index contributed by atoms with van der Waals surface area (Å²) >= 11 is 4.57. The third-order valence-electron chi connectivity index (χ3n) is 6.65. The van der Waals surface area contributed by atoms with Crippen LogP contribution in [0.3, 0.4) is 0 Å². The summed E-state index contributed by atoms with van der Waals surface area (Å²) in [5.41, 5.74) is 8.13. The van der Waals surface area contributed by atoms with E-state index in [0.29, 0.717) is 0 Å². The lowest BCUT2D eigenvalue weighted by atomic mass is 9.81. The Labute approximate surface area is 200 Å². The van der Waals surface area contributed by atoms with Crippen molar-refractivity contribution in [3.8, 4) is 23.0 Å². The zero-order valence-electron chi connectivity index (χ0n) is 18.4. The van der Waals surface area contributed by atoms with Gasteiger partial charge in [0.2, 0.25) is 0 Å². The van der Waals surface area contributed by atoms with E-state index >= 15 is 0 Å². The van der Waals surface area contributed by atoms with Crippen molar-refractivity contribution in [3.05, 3.63) is 94.3 Å². The molecule has 1 nitrogen and oxygen atoms in total. The van der Waals surface area contributed by atoms with Gasteiger partial charge >= 0.3 is 0 Å². The second kappa shape index (κ2) is 9.67. The van der Waals surface area contributed by atoms with E-state index in [-0.39, 0.29) is 5.69 Å². The van der Waals surface area contributed by atoms with Crippen LogP contribution >= 0.6 is 12.2 Å². The van der Waals surface area contributed by atoms with Gasteiger partial charge in [0.1, 0.15) is 11.5 Å². The van der Waals surface area contributed by atoms with Crippen molar-refractivity contribution in [1.29, 1.82) is 0 Å². The van der Waals surface area contributed by atoms with Crippen LogP contribution in [0.15, 0.2) is 71.2 Å². The van der Waals surface area contributed by atoms with Crippen LogP contribution < -0.4 is 0 Å². The monoisotopic (exact) mass is 449 g/mol. The van der Waals surface area contributed by atoms with Crippen LogP contribution in [0, 0.1) is 23.6 Å². The molecule has 0 N–H and O–H groups in total. The van der Waals surface area contributed by atoms with Gasteiger partial charge < -0.3 is 0 Å². The van der Waals surface area contributed by atoms with Crippen LogP contribution in [0.1, 0.15) is 47.9 Å². The Morgan fingerprint density at radius 1 is 0.909 bits per heavy atom. The first kappa shape index (κ1) is 21.5. The average Bonchev–Trinajstić information content (AvgIpc) is 2.82. The van der Waals surface area contributed by atoms with Gasteiger partial charge in [0.05, 0.1) is 5.16 Å². The lowest BCUT2D eigenvalue weighted by molar-refractivity contribution is 0.314. The maximum Gasteiger partial charge on any atom is 0.150 e. The van der Waals surface area contributed by atoms with Gasteiger partial charge in [0.15, 0.2) is 0 Å². The lowest BCUT2D eigenvalue weighted by Crippen LogP contribution is -2.13. The summed E-state index contributed by atoms with van der Waals surface area (Å²) in [6.07, 6.45) is 9.38. The number of aryl methyl sites for hydroxylation is 1. The van der Waals surface area contributed by atoms with E-state index in [2.05, 4.69) is 76.7 Å². The Morgan fingerprint density at radius 3 is 2.42 bits per heavy atom. The molecule has 3 aromatic rings. The van der Waals surface area contributed by atoms with Crippen LogP contribution in [-0.4, -0.2) is 5.16 Å². The second-order valence-electron chi connectivity index (χ2n) is 8.90. The number of hydrogen-bond acceptors (Lipinski definition) is 2. The van der Waals surface area contributed by atoms with E-state index in [1.807, 2.05) is 12.1 Å². The summed E-state index contributed by atoms with van der Waals surface area (Å²) in [7, 11) is 0. The average molecular weight is 450 g/mol. The van der Waals surface area contributed by atoms with Crippen LogP contribution in [0.5, 0.6) is 0 Å². The summed E-state index contributed by atoms with van der Waals surface area (Å²) in [4.78, 5) is 3.75. The fourth-order valence-corrected chi connectivity index (χ4v) is 4.60. The molecule has 0 spiro atoms. The third-order valence-corrected chi connectivity index (χ3v) is 6.75. The fourth-order valence-electron chi connectivity index (χ4n) is 4.50. The molecule has 3 aromatic carbocycles. The molecule has 3 heteroatoms. The first-order valence-electron chi connectivity index (χ1n) is 11.5. The quantitative estimate of drug-likeness (QED) is 0.224. The Kier molecular flexibility index (Phi) is 6.31. The predicted molar refractivity (Wildman–Crippen MR) is 137 cm³/mol. The number of nitrogens with zero attached hydrogens (tertiary/aromatic N) is 1. The minimum absolute atomic E-state index is 0.214. The minimum atomic E-state index is -0.393. The van der Waals surface area contributed by atoms with Crippen molar-refractivity contribution >= 4 is 29.1 Å². The van der Waals surface area contributed by atoms with Gasteiger partial charge in [-0.1, -0.05) is 67.5 Å². The van der Waals surface area contributed by atoms with E-state index in [1.165, 1.54) is 48.4 Å². The molecular formula is C30H24FNS. The number of rotatable bonds is 4. The first-order chi connectivity index (χ1) is 16.2. The molecule has 0 bridgehead atoms. The standard InChI is InChI=1S/C30H24FNS/c31-29-19-28(14-15-30(29)32-20-33)27-13-12-25-17-24(10-11-26(25)18-27)9-6-21-4-7-23(8-5-21)16-22-2-1-3-22/h4-5,7-8,12-15,17-19,22H,1-3,10-11,16H2. The van der Waals surface area contributed by atoms with Crippen molar-refractivity contribution in [3.63, 3.8) is 0 Å². The van der Waals surface area contributed by atoms with Gasteiger partial charge in [-0.2, -0.15) is 4.99 Å². The van der Waals surface area contributed by atoms with Crippen molar-refractivity contribution in [2.75, 3.05) is 0 Å². The molecule has 162 valence electrons. The summed E-state index contributed by atoms with van der Waals surface area (Å²) in [5, 5.41) is 2.21. The van der Waals surface area contributed by atoms with Crippen LogP contribution in [-0.2, 0) is 12.8 Å². The molecule has 0 atom stereocenters. The van der Waals surface area contributed by atoms with E-state index in [4.69, 9.17) is 0 Å². The Bertz CT molecular complexity index is 1330. The predicted octanol–water partition coefficient (Wildman–Crippen LogP) is 7.95. The number of thiocarbonyl (C=S) groups is 1. The van der Waals surface area contributed by atoms with Crippen LogP contribution in [0.2, 0.25) is 0 Å². The van der Waals surface area contributed by atoms with Gasteiger partial charge in [0, 0.05) is 11.1 Å². The van der Waals surface area contributed by atoms with Gasteiger partial charge in [-0.05, 0) is 95.6 Å². The molecular weight excluding hydrogens is 425 g/mol. The number of aliphatic imine (C=N–C) groups is 1. The largest absolute Gasteiger partial charge is 0.205 e. The summed E-state index contributed by atoms with van der Waals surface area (Å²) in [5.74, 6) is 7.20. The second-order valence-corrected chi connectivity index (χ2v) is 9.08. The number of halogens is 1. The molecule has 33 heavy (non-hydrogen) atoms. The zero-order valence-corrected chi connectivity index (χ0v) is 19.2. The molecule has 1 saturated carbocycles. The maximum absolute atomic E-state index is 14.2. The Morgan fingerprint density at radius 2 is 1.70 bits per heavy atom. The molecule has 2 aliphatic rings. The number of isothiocyanates is 1. The first-order valence-corrected chi connectivity index (χ1v) is 11.9.